The molecule has 0 radical (unpaired) electrons. The molecule has 1 aromatic heterocycles. The topological polar surface area (TPSA) is 82.0 Å². The van der Waals surface area contributed by atoms with Crippen molar-refractivity contribution in [1.29, 1.82) is 0 Å². The normalized spacial score (nSPS) is 10.2. The number of hydrogen-bond acceptors (Lipinski definition) is 3. The van der Waals surface area contributed by atoms with Crippen LogP contribution in [0.25, 0.3) is 11.3 Å². The van der Waals surface area contributed by atoms with Crippen LogP contribution in [0, 0.1) is 0 Å². The van der Waals surface area contributed by atoms with Crippen molar-refractivity contribution >= 4 is 23.2 Å². The minimum atomic E-state index is -0.505. The summed E-state index contributed by atoms with van der Waals surface area (Å²) in [5.74, 6) is -0.505. The minimum Gasteiger partial charge on any atom is -0.398 e. The van der Waals surface area contributed by atoms with Crippen molar-refractivity contribution in [3.05, 3.63) is 47.1 Å². The van der Waals surface area contributed by atoms with E-state index in [0.29, 0.717) is 27.5 Å². The zero-order valence-electron chi connectivity index (χ0n) is 8.85. The van der Waals surface area contributed by atoms with Gasteiger partial charge in [0.05, 0.1) is 5.69 Å². The van der Waals surface area contributed by atoms with Gasteiger partial charge in [0, 0.05) is 28.0 Å². The van der Waals surface area contributed by atoms with Crippen LogP contribution < -0.4 is 11.5 Å². The van der Waals surface area contributed by atoms with Crippen molar-refractivity contribution in [2.24, 2.45) is 5.73 Å². The van der Waals surface area contributed by atoms with Crippen LogP contribution in [0.1, 0.15) is 10.4 Å². The molecule has 4 nitrogen and oxygen atoms in total. The van der Waals surface area contributed by atoms with Gasteiger partial charge in [-0.15, -0.1) is 0 Å². The molecule has 0 bridgehead atoms. The highest BCUT2D eigenvalue weighted by Crippen LogP contribution is 2.27. The summed E-state index contributed by atoms with van der Waals surface area (Å²) in [6.07, 6.45) is 1.51. The Kier molecular flexibility index (Phi) is 2.97. The average Bonchev–Trinajstić information content (AvgIpc) is 2.32. The predicted octanol–water partition coefficient (Wildman–Crippen LogP) is 2.08. The van der Waals surface area contributed by atoms with Gasteiger partial charge < -0.3 is 11.5 Å². The Balaban J connectivity index is 2.56. The van der Waals surface area contributed by atoms with E-state index < -0.39 is 5.91 Å². The fourth-order valence-corrected chi connectivity index (χ4v) is 1.65. The molecule has 0 unspecified atom stereocenters. The molecule has 0 fully saturated rings. The number of halogens is 1. The zero-order chi connectivity index (χ0) is 12.4. The predicted molar refractivity (Wildman–Crippen MR) is 67.6 cm³/mol. The Hall–Kier alpha value is -2.07. The molecular weight excluding hydrogens is 238 g/mol. The third-order valence-electron chi connectivity index (χ3n) is 2.34. The molecule has 86 valence electrons. The van der Waals surface area contributed by atoms with Crippen molar-refractivity contribution in [3.63, 3.8) is 0 Å². The maximum atomic E-state index is 11.1. The van der Waals surface area contributed by atoms with Crippen molar-refractivity contribution < 1.29 is 4.79 Å². The molecule has 1 amide bonds. The fourth-order valence-electron chi connectivity index (χ4n) is 1.48. The molecule has 0 saturated heterocycles. The summed E-state index contributed by atoms with van der Waals surface area (Å²) in [7, 11) is 0. The number of hydrogen-bond donors (Lipinski definition) is 2. The van der Waals surface area contributed by atoms with Gasteiger partial charge in [-0.1, -0.05) is 11.6 Å². The summed E-state index contributed by atoms with van der Waals surface area (Å²) in [4.78, 5) is 15.2. The Morgan fingerprint density at radius 1 is 1.24 bits per heavy atom. The van der Waals surface area contributed by atoms with Crippen LogP contribution in [-0.4, -0.2) is 10.9 Å². The van der Waals surface area contributed by atoms with Crippen LogP contribution >= 0.6 is 11.6 Å². The van der Waals surface area contributed by atoms with E-state index >= 15 is 0 Å². The summed E-state index contributed by atoms with van der Waals surface area (Å²) >= 11 is 5.89. The standard InChI is InChI=1S/C12H10ClN3O/c13-8-1-2-10(14)9(6-8)11-5-7(12(15)17)3-4-16-11/h1-6H,14H2,(H2,15,17). The van der Waals surface area contributed by atoms with E-state index in [1.165, 1.54) is 6.20 Å². The average molecular weight is 248 g/mol. The highest BCUT2D eigenvalue weighted by Gasteiger charge is 2.07. The quantitative estimate of drug-likeness (QED) is 0.797. The number of carbonyl (C=O) groups excluding carboxylic acids is 1. The Morgan fingerprint density at radius 2 is 2.00 bits per heavy atom. The molecule has 17 heavy (non-hydrogen) atoms. The summed E-state index contributed by atoms with van der Waals surface area (Å²) in [5, 5.41) is 0.556. The molecule has 0 atom stereocenters. The van der Waals surface area contributed by atoms with Crippen LogP contribution in [-0.2, 0) is 0 Å². The lowest BCUT2D eigenvalue weighted by Crippen LogP contribution is -2.11. The summed E-state index contributed by atoms with van der Waals surface area (Å²) in [5.41, 5.74) is 13.2. The molecule has 2 aromatic rings. The molecule has 0 saturated carbocycles. The number of primary amides is 1. The maximum Gasteiger partial charge on any atom is 0.248 e. The van der Waals surface area contributed by atoms with Crippen LogP contribution in [0.15, 0.2) is 36.5 Å². The lowest BCUT2D eigenvalue weighted by atomic mass is 10.1. The monoisotopic (exact) mass is 247 g/mol. The second-order valence-corrected chi connectivity index (χ2v) is 3.96. The third kappa shape index (κ3) is 2.37. The first-order valence-electron chi connectivity index (χ1n) is 4.89. The first-order chi connectivity index (χ1) is 8.08. The highest BCUT2D eigenvalue weighted by atomic mass is 35.5. The van der Waals surface area contributed by atoms with Crippen LogP contribution in [0.5, 0.6) is 0 Å². The summed E-state index contributed by atoms with van der Waals surface area (Å²) < 4.78 is 0. The number of aromatic nitrogens is 1. The second-order valence-electron chi connectivity index (χ2n) is 3.53. The van der Waals surface area contributed by atoms with E-state index in [1.807, 2.05) is 0 Å². The smallest absolute Gasteiger partial charge is 0.248 e. The molecule has 1 aromatic carbocycles. The number of carbonyl (C=O) groups is 1. The van der Waals surface area contributed by atoms with Crippen molar-refractivity contribution in [1.82, 2.24) is 4.98 Å². The molecule has 0 spiro atoms. The van der Waals surface area contributed by atoms with Gasteiger partial charge in [0.1, 0.15) is 0 Å². The number of benzene rings is 1. The summed E-state index contributed by atoms with van der Waals surface area (Å²) in [6, 6.07) is 8.22. The second kappa shape index (κ2) is 4.43. The largest absolute Gasteiger partial charge is 0.398 e. The zero-order valence-corrected chi connectivity index (χ0v) is 9.61. The molecule has 4 N–H and O–H groups in total. The Bertz CT molecular complexity index is 584. The van der Waals surface area contributed by atoms with Gasteiger partial charge in [-0.3, -0.25) is 9.78 Å². The molecular formula is C12H10ClN3O. The molecule has 2 rings (SSSR count). The SMILES string of the molecule is NC(=O)c1ccnc(-c2cc(Cl)ccc2N)c1. The molecule has 1 heterocycles. The number of nitrogens with two attached hydrogens (primary N) is 2. The van der Waals surface area contributed by atoms with E-state index in [4.69, 9.17) is 23.1 Å². The van der Waals surface area contributed by atoms with E-state index in [-0.39, 0.29) is 0 Å². The Labute approximate surface area is 103 Å². The summed E-state index contributed by atoms with van der Waals surface area (Å²) in [6.45, 7) is 0. The molecule has 0 aliphatic rings. The van der Waals surface area contributed by atoms with Gasteiger partial charge in [-0.25, -0.2) is 0 Å². The molecule has 0 aliphatic carbocycles. The number of anilines is 1. The van der Waals surface area contributed by atoms with E-state index in [2.05, 4.69) is 4.98 Å². The third-order valence-corrected chi connectivity index (χ3v) is 2.57. The van der Waals surface area contributed by atoms with E-state index in [0.717, 1.165) is 0 Å². The van der Waals surface area contributed by atoms with Gasteiger partial charge >= 0.3 is 0 Å². The first-order valence-corrected chi connectivity index (χ1v) is 5.27. The highest BCUT2D eigenvalue weighted by molar-refractivity contribution is 6.31. The van der Waals surface area contributed by atoms with Crippen LogP contribution in [0.3, 0.4) is 0 Å². The molecule has 0 aliphatic heterocycles. The maximum absolute atomic E-state index is 11.1. The Morgan fingerprint density at radius 3 is 2.71 bits per heavy atom. The number of pyridine rings is 1. The van der Waals surface area contributed by atoms with Crippen molar-refractivity contribution in [3.8, 4) is 11.3 Å². The van der Waals surface area contributed by atoms with Gasteiger partial charge in [0.25, 0.3) is 0 Å². The van der Waals surface area contributed by atoms with Crippen LogP contribution in [0.4, 0.5) is 5.69 Å². The van der Waals surface area contributed by atoms with Gasteiger partial charge in [-0.05, 0) is 30.3 Å². The van der Waals surface area contributed by atoms with Gasteiger partial charge in [-0.2, -0.15) is 0 Å². The van der Waals surface area contributed by atoms with Crippen LogP contribution in [0.2, 0.25) is 5.02 Å². The van der Waals surface area contributed by atoms with Gasteiger partial charge in [0.15, 0.2) is 0 Å². The number of rotatable bonds is 2. The lowest BCUT2D eigenvalue weighted by molar-refractivity contribution is 0.1000. The lowest BCUT2D eigenvalue weighted by Gasteiger charge is -2.06. The fraction of sp³-hybridized carbons (Fsp3) is 0. The number of amides is 1. The number of nitrogens with zero attached hydrogens (tertiary/aromatic N) is 1. The first kappa shape index (κ1) is 11.4. The van der Waals surface area contributed by atoms with E-state index in [9.17, 15) is 4.79 Å². The van der Waals surface area contributed by atoms with Crippen molar-refractivity contribution in [2.75, 3.05) is 5.73 Å². The van der Waals surface area contributed by atoms with Gasteiger partial charge in [0.2, 0.25) is 5.91 Å². The minimum absolute atomic E-state index is 0.384. The molecule has 5 heteroatoms. The van der Waals surface area contributed by atoms with E-state index in [1.54, 1.807) is 30.3 Å². The van der Waals surface area contributed by atoms with Crippen molar-refractivity contribution in [2.45, 2.75) is 0 Å². The number of nitrogen functional groups attached to an aromatic ring is 1.